The molecule has 4 aliphatic rings. The van der Waals surface area contributed by atoms with Gasteiger partial charge in [0.25, 0.3) is 5.91 Å². The third-order valence-corrected chi connectivity index (χ3v) is 8.07. The molecule has 5 atom stereocenters. The second-order valence-electron chi connectivity index (χ2n) is 13.3. The summed E-state index contributed by atoms with van der Waals surface area (Å²) in [5.41, 5.74) is 4.67. The molecular formula is C29H45N5O5. The van der Waals surface area contributed by atoms with Crippen molar-refractivity contribution in [3.63, 3.8) is 0 Å². The zero-order valence-corrected chi connectivity index (χ0v) is 24.2. The molecular weight excluding hydrogens is 498 g/mol. The topological polar surface area (TPSA) is 138 Å². The van der Waals surface area contributed by atoms with Crippen LogP contribution in [-0.2, 0) is 9.53 Å². The SMILES string of the molecule is CC(C)COc1c(C(=O)NC2C3CC4C[C@@H]2CC(OC(N)=O)(C4)C3)cnn1/C=C/C(C)(C)NC(=O)CC(C)C. The van der Waals surface area contributed by atoms with Gasteiger partial charge in [0.1, 0.15) is 11.2 Å². The number of nitrogens with two attached hydrogens (primary N) is 1. The van der Waals surface area contributed by atoms with E-state index >= 15 is 0 Å². The summed E-state index contributed by atoms with van der Waals surface area (Å²) in [5.74, 6) is 1.64. The number of nitrogens with zero attached hydrogens (tertiary/aromatic N) is 2. The number of hydrogen-bond donors (Lipinski definition) is 3. The number of hydrogen-bond acceptors (Lipinski definition) is 6. The molecule has 1 heterocycles. The molecule has 39 heavy (non-hydrogen) atoms. The van der Waals surface area contributed by atoms with Gasteiger partial charge in [-0.2, -0.15) is 5.10 Å². The Morgan fingerprint density at radius 1 is 1.15 bits per heavy atom. The summed E-state index contributed by atoms with van der Waals surface area (Å²) in [6.07, 6.45) is 9.20. The van der Waals surface area contributed by atoms with Crippen molar-refractivity contribution >= 4 is 24.1 Å². The summed E-state index contributed by atoms with van der Waals surface area (Å²) in [7, 11) is 0. The highest BCUT2D eigenvalue weighted by molar-refractivity contribution is 5.96. The lowest BCUT2D eigenvalue weighted by molar-refractivity contribution is -0.137. The van der Waals surface area contributed by atoms with Gasteiger partial charge in [-0.1, -0.05) is 27.7 Å². The zero-order valence-electron chi connectivity index (χ0n) is 24.2. The molecule has 4 fully saturated rings. The van der Waals surface area contributed by atoms with E-state index in [1.807, 2.05) is 47.6 Å². The van der Waals surface area contributed by atoms with E-state index in [2.05, 4.69) is 15.7 Å². The number of aromatic nitrogens is 2. The van der Waals surface area contributed by atoms with Crippen molar-refractivity contribution in [1.82, 2.24) is 20.4 Å². The van der Waals surface area contributed by atoms with Crippen molar-refractivity contribution in [2.45, 2.75) is 97.2 Å². The largest absolute Gasteiger partial charge is 0.477 e. The Balaban J connectivity index is 1.49. The highest BCUT2D eigenvalue weighted by Crippen LogP contribution is 2.57. The standard InChI is InChI=1S/C29H45N5O5/c1-17(2)9-23(35)33-28(5,6)7-8-34-26(38-16-18(3)4)22(15-31-34)25(36)32-24-20-10-19-11-21(24)14-29(12-19,13-20)39-27(30)37/h7-8,15,17-21,24H,9-14,16H2,1-6H3,(H2,30,37)(H,32,36)(H,33,35)/b8-7+/t19?,20-,21?,24?,29?/m1/s1. The van der Waals surface area contributed by atoms with Crippen LogP contribution in [0.2, 0.25) is 0 Å². The van der Waals surface area contributed by atoms with E-state index in [0.717, 1.165) is 32.1 Å². The smallest absolute Gasteiger partial charge is 0.405 e. The Kier molecular flexibility index (Phi) is 8.33. The van der Waals surface area contributed by atoms with Crippen molar-refractivity contribution < 1.29 is 23.9 Å². The first-order valence-electron chi connectivity index (χ1n) is 14.3. The molecule has 1 aromatic heterocycles. The van der Waals surface area contributed by atoms with Gasteiger partial charge >= 0.3 is 6.09 Å². The van der Waals surface area contributed by atoms with Gasteiger partial charge in [0.2, 0.25) is 11.8 Å². The number of carbonyl (C=O) groups is 3. The highest BCUT2D eigenvalue weighted by atomic mass is 16.6. The number of carbonyl (C=O) groups excluding carboxylic acids is 3. The van der Waals surface area contributed by atoms with E-state index in [1.165, 1.54) is 6.20 Å². The predicted molar refractivity (Wildman–Crippen MR) is 148 cm³/mol. The van der Waals surface area contributed by atoms with Crippen LogP contribution in [0.3, 0.4) is 0 Å². The number of primary amides is 1. The summed E-state index contributed by atoms with van der Waals surface area (Å²) in [6, 6.07) is 0.00518. The maximum Gasteiger partial charge on any atom is 0.405 e. The minimum absolute atomic E-state index is 0.00518. The Morgan fingerprint density at radius 3 is 2.41 bits per heavy atom. The Bertz CT molecular complexity index is 1090. The molecule has 10 heteroatoms. The predicted octanol–water partition coefficient (Wildman–Crippen LogP) is 4.10. The third-order valence-electron chi connectivity index (χ3n) is 8.07. The van der Waals surface area contributed by atoms with Crippen LogP contribution in [-0.4, -0.2) is 51.5 Å². The van der Waals surface area contributed by atoms with Crippen LogP contribution >= 0.6 is 0 Å². The van der Waals surface area contributed by atoms with Crippen molar-refractivity contribution in [3.05, 3.63) is 17.8 Å². The molecule has 10 nitrogen and oxygen atoms in total. The van der Waals surface area contributed by atoms with Crippen molar-refractivity contribution in [2.24, 2.45) is 35.3 Å². The van der Waals surface area contributed by atoms with Gasteiger partial charge in [-0.3, -0.25) is 9.59 Å². The highest BCUT2D eigenvalue weighted by Gasteiger charge is 2.57. The van der Waals surface area contributed by atoms with E-state index in [1.54, 1.807) is 10.9 Å². The van der Waals surface area contributed by atoms with Gasteiger partial charge in [0.05, 0.1) is 18.3 Å². The lowest BCUT2D eigenvalue weighted by atomic mass is 9.52. The monoisotopic (exact) mass is 543 g/mol. The van der Waals surface area contributed by atoms with Gasteiger partial charge in [-0.05, 0) is 81.6 Å². The number of ether oxygens (including phenoxy) is 2. The van der Waals surface area contributed by atoms with Crippen LogP contribution in [0.5, 0.6) is 5.88 Å². The Labute approximate surface area is 231 Å². The molecule has 0 radical (unpaired) electrons. The number of rotatable bonds is 11. The van der Waals surface area contributed by atoms with Gasteiger partial charge in [-0.25, -0.2) is 9.48 Å². The first-order chi connectivity index (χ1) is 18.3. The normalized spacial score (nSPS) is 27.8. The maximum absolute atomic E-state index is 13.6. The van der Waals surface area contributed by atoms with Gasteiger partial charge < -0.3 is 25.8 Å². The Morgan fingerprint density at radius 2 is 1.82 bits per heavy atom. The molecule has 4 unspecified atom stereocenters. The molecule has 216 valence electrons. The van der Waals surface area contributed by atoms with E-state index in [4.69, 9.17) is 15.2 Å². The van der Waals surface area contributed by atoms with E-state index in [9.17, 15) is 14.4 Å². The molecule has 0 spiro atoms. The van der Waals surface area contributed by atoms with E-state index < -0.39 is 17.2 Å². The van der Waals surface area contributed by atoms with Crippen LogP contribution in [0.1, 0.15) is 90.4 Å². The van der Waals surface area contributed by atoms with Gasteiger partial charge in [0.15, 0.2) is 0 Å². The second kappa shape index (κ2) is 11.2. The lowest BCUT2D eigenvalue weighted by Gasteiger charge is -2.58. The fourth-order valence-corrected chi connectivity index (χ4v) is 6.84. The summed E-state index contributed by atoms with van der Waals surface area (Å²) < 4.78 is 13.3. The van der Waals surface area contributed by atoms with E-state index in [-0.39, 0.29) is 41.5 Å². The van der Waals surface area contributed by atoms with Gasteiger partial charge in [0, 0.05) is 18.7 Å². The molecule has 0 saturated heterocycles. The number of nitrogens with one attached hydrogen (secondary N) is 2. The van der Waals surface area contributed by atoms with Crippen LogP contribution in [0.15, 0.2) is 12.3 Å². The maximum atomic E-state index is 13.6. The number of amides is 3. The van der Waals surface area contributed by atoms with Crippen LogP contribution in [0.4, 0.5) is 4.79 Å². The molecule has 0 aromatic carbocycles. The van der Waals surface area contributed by atoms with Crippen LogP contribution in [0.25, 0.3) is 6.20 Å². The molecule has 0 aliphatic heterocycles. The average molecular weight is 544 g/mol. The molecule has 4 N–H and O–H groups in total. The fraction of sp³-hybridized carbons (Fsp3) is 0.724. The minimum atomic E-state index is -0.715. The second-order valence-corrected chi connectivity index (χ2v) is 13.3. The summed E-state index contributed by atoms with van der Waals surface area (Å²) >= 11 is 0. The summed E-state index contributed by atoms with van der Waals surface area (Å²) in [6.45, 7) is 12.4. The average Bonchev–Trinajstić information content (AvgIpc) is 3.19. The van der Waals surface area contributed by atoms with E-state index in [0.29, 0.717) is 30.4 Å². The van der Waals surface area contributed by atoms with Crippen LogP contribution in [0, 0.1) is 29.6 Å². The summed E-state index contributed by atoms with van der Waals surface area (Å²) in [5, 5.41) is 10.7. The molecule has 3 amide bonds. The minimum Gasteiger partial charge on any atom is -0.477 e. The fourth-order valence-electron chi connectivity index (χ4n) is 6.84. The molecule has 1 aromatic rings. The van der Waals surface area contributed by atoms with Gasteiger partial charge in [-0.15, -0.1) is 0 Å². The Hall–Kier alpha value is -3.04. The molecule has 5 rings (SSSR count). The first kappa shape index (κ1) is 29.0. The van der Waals surface area contributed by atoms with Crippen molar-refractivity contribution in [3.8, 4) is 5.88 Å². The molecule has 4 saturated carbocycles. The summed E-state index contributed by atoms with van der Waals surface area (Å²) in [4.78, 5) is 37.5. The molecule has 4 bridgehead atoms. The third kappa shape index (κ3) is 6.94. The lowest BCUT2D eigenvalue weighted by Crippen LogP contribution is -2.63. The van der Waals surface area contributed by atoms with Crippen molar-refractivity contribution in [2.75, 3.05) is 6.61 Å². The van der Waals surface area contributed by atoms with Crippen LogP contribution < -0.4 is 21.1 Å². The zero-order chi connectivity index (χ0) is 28.5. The first-order valence-corrected chi connectivity index (χ1v) is 14.3. The van der Waals surface area contributed by atoms with Crippen molar-refractivity contribution in [1.29, 1.82) is 0 Å². The molecule has 4 aliphatic carbocycles. The quantitative estimate of drug-likeness (QED) is 0.384.